The van der Waals surface area contributed by atoms with E-state index in [2.05, 4.69) is 103 Å². The topological polar surface area (TPSA) is 21.7 Å². The maximum Gasteiger partial charge on any atom is 0.287 e. The van der Waals surface area contributed by atoms with Gasteiger partial charge >= 0.3 is 0 Å². The second-order valence-corrected chi connectivity index (χ2v) is 9.25. The van der Waals surface area contributed by atoms with E-state index in [0.29, 0.717) is 0 Å². The van der Waals surface area contributed by atoms with Gasteiger partial charge in [0, 0.05) is 39.1 Å². The molecule has 3 heteroatoms. The van der Waals surface area contributed by atoms with Crippen LogP contribution in [0.1, 0.15) is 32.0 Å². The summed E-state index contributed by atoms with van der Waals surface area (Å²) in [6.45, 7) is 7.53. The van der Waals surface area contributed by atoms with E-state index in [1.165, 1.54) is 44.3 Å². The fourth-order valence-corrected chi connectivity index (χ4v) is 4.68. The molecular formula is C27H24N3+. The monoisotopic (exact) mass is 390 g/mol. The maximum atomic E-state index is 4.73. The van der Waals surface area contributed by atoms with Crippen molar-refractivity contribution in [1.29, 1.82) is 0 Å². The van der Waals surface area contributed by atoms with Gasteiger partial charge in [-0.05, 0) is 30.3 Å². The summed E-state index contributed by atoms with van der Waals surface area (Å²) in [6.07, 6.45) is 2.00. The number of fused-ring (bicyclic) bond motifs is 6. The van der Waals surface area contributed by atoms with Crippen molar-refractivity contribution in [2.45, 2.75) is 32.7 Å². The number of hydrogen-bond donors (Lipinski definition) is 0. The summed E-state index contributed by atoms with van der Waals surface area (Å²) in [5.74, 6) is 0. The molecule has 0 spiro atoms. The number of nitrogens with zero attached hydrogens (tertiary/aromatic N) is 3. The Morgan fingerprint density at radius 1 is 0.833 bits per heavy atom. The summed E-state index contributed by atoms with van der Waals surface area (Å²) in [5, 5.41) is 2.60. The first-order chi connectivity index (χ1) is 14.5. The van der Waals surface area contributed by atoms with Crippen molar-refractivity contribution in [3.05, 3.63) is 90.4 Å². The molecule has 0 aliphatic carbocycles. The molecule has 0 N–H and O–H groups in total. The molecule has 0 saturated heterocycles. The van der Waals surface area contributed by atoms with Crippen LogP contribution in [-0.2, 0) is 12.0 Å². The molecule has 0 atom stereocenters. The number of para-hydroxylation sites is 2. The molecule has 0 fully saturated rings. The van der Waals surface area contributed by atoms with Gasteiger partial charge in [-0.1, -0.05) is 62.2 Å². The molecule has 2 aromatic heterocycles. The van der Waals surface area contributed by atoms with E-state index in [0.717, 1.165) is 12.2 Å². The van der Waals surface area contributed by atoms with Crippen LogP contribution in [0.2, 0.25) is 0 Å². The summed E-state index contributed by atoms with van der Waals surface area (Å²) >= 11 is 0. The zero-order chi connectivity index (χ0) is 20.5. The lowest BCUT2D eigenvalue weighted by Gasteiger charge is -2.13. The van der Waals surface area contributed by atoms with E-state index in [9.17, 15) is 0 Å². The molecule has 6 rings (SSSR count). The summed E-state index contributed by atoms with van der Waals surface area (Å²) < 4.78 is 4.66. The molecular weight excluding hydrogens is 366 g/mol. The molecule has 5 aromatic rings. The quantitative estimate of drug-likeness (QED) is 0.326. The highest BCUT2D eigenvalue weighted by molar-refractivity contribution is 6.10. The molecule has 0 radical (unpaired) electrons. The van der Waals surface area contributed by atoms with Crippen LogP contribution >= 0.6 is 0 Å². The van der Waals surface area contributed by atoms with E-state index < -0.39 is 0 Å². The van der Waals surface area contributed by atoms with Crippen LogP contribution in [0, 0.1) is 0 Å². The van der Waals surface area contributed by atoms with E-state index >= 15 is 0 Å². The fourth-order valence-electron chi connectivity index (χ4n) is 4.68. The second kappa shape index (κ2) is 6.02. The van der Waals surface area contributed by atoms with Crippen LogP contribution in [0.5, 0.6) is 0 Å². The van der Waals surface area contributed by atoms with Gasteiger partial charge in [0.2, 0.25) is 0 Å². The van der Waals surface area contributed by atoms with Crippen molar-refractivity contribution in [3.8, 4) is 16.9 Å². The van der Waals surface area contributed by atoms with Crippen LogP contribution in [0.3, 0.4) is 0 Å². The Kier molecular flexibility index (Phi) is 3.49. The maximum absolute atomic E-state index is 4.73. The summed E-state index contributed by atoms with van der Waals surface area (Å²) in [5.41, 5.74) is 8.83. The highest BCUT2D eigenvalue weighted by Gasteiger charge is 2.29. The minimum absolute atomic E-state index is 0.0335. The molecule has 3 nitrogen and oxygen atoms in total. The first kappa shape index (κ1) is 17.4. The molecule has 30 heavy (non-hydrogen) atoms. The van der Waals surface area contributed by atoms with Gasteiger partial charge in [0.05, 0.1) is 11.0 Å². The summed E-state index contributed by atoms with van der Waals surface area (Å²) in [6, 6.07) is 26.4. The largest absolute Gasteiger partial charge is 0.309 e. The standard InChI is InChI=1S/C27H24N3/c1-27(2,3)26-15-24-21-14-22-20-11-7-8-12-23(20)30(19-9-5-4-6-10-19)25(22)13-18(21)16-29(24)17-28-26/h4-15,17H,16H2,1-3H3/q+1. The second-order valence-electron chi connectivity index (χ2n) is 9.25. The molecule has 3 heterocycles. The van der Waals surface area contributed by atoms with Gasteiger partial charge in [-0.25, -0.2) is 4.57 Å². The molecule has 1 aliphatic heterocycles. The number of rotatable bonds is 1. The summed E-state index contributed by atoms with van der Waals surface area (Å²) in [7, 11) is 0. The lowest BCUT2D eigenvalue weighted by molar-refractivity contribution is -0.675. The molecule has 3 aromatic carbocycles. The Hall–Kier alpha value is -3.46. The molecule has 0 amide bonds. The Labute approximate surface area is 176 Å². The molecule has 0 unspecified atom stereocenters. The van der Waals surface area contributed by atoms with Crippen LogP contribution in [0.15, 0.2) is 79.1 Å². The van der Waals surface area contributed by atoms with Gasteiger partial charge in [0.1, 0.15) is 12.2 Å². The lowest BCUT2D eigenvalue weighted by atomic mass is 9.91. The predicted molar refractivity (Wildman–Crippen MR) is 122 cm³/mol. The third-order valence-corrected chi connectivity index (χ3v) is 6.22. The van der Waals surface area contributed by atoms with Crippen molar-refractivity contribution in [2.75, 3.05) is 0 Å². The van der Waals surface area contributed by atoms with Crippen molar-refractivity contribution < 1.29 is 4.57 Å². The first-order valence-electron chi connectivity index (χ1n) is 10.5. The van der Waals surface area contributed by atoms with Crippen molar-refractivity contribution in [3.63, 3.8) is 0 Å². The predicted octanol–water partition coefficient (Wildman–Crippen LogP) is 5.79. The van der Waals surface area contributed by atoms with Crippen molar-refractivity contribution in [1.82, 2.24) is 9.55 Å². The third kappa shape index (κ3) is 2.45. The Morgan fingerprint density at radius 3 is 2.40 bits per heavy atom. The average molecular weight is 391 g/mol. The number of hydrogen-bond acceptors (Lipinski definition) is 1. The smallest absolute Gasteiger partial charge is 0.287 e. The van der Waals surface area contributed by atoms with E-state index in [4.69, 9.17) is 4.98 Å². The lowest BCUT2D eigenvalue weighted by Crippen LogP contribution is -2.34. The van der Waals surface area contributed by atoms with Crippen molar-refractivity contribution in [2.24, 2.45) is 0 Å². The zero-order valence-corrected chi connectivity index (χ0v) is 17.6. The van der Waals surface area contributed by atoms with Gasteiger partial charge in [-0.2, -0.15) is 0 Å². The third-order valence-electron chi connectivity index (χ3n) is 6.22. The fraction of sp³-hybridized carbons (Fsp3) is 0.185. The normalized spacial score (nSPS) is 13.0. The average Bonchev–Trinajstić information content (AvgIpc) is 3.26. The molecule has 0 bridgehead atoms. The van der Waals surface area contributed by atoms with Crippen molar-refractivity contribution >= 4 is 21.8 Å². The van der Waals surface area contributed by atoms with E-state index in [1.54, 1.807) is 0 Å². The number of aromatic nitrogens is 3. The SMILES string of the molecule is CC(C)(C)c1cc2[n+](cn1)Cc1cc3c(cc1-2)c1ccccc1n3-c1ccccc1. The minimum Gasteiger partial charge on any atom is -0.309 e. The van der Waals surface area contributed by atoms with Crippen LogP contribution in [0.25, 0.3) is 38.8 Å². The van der Waals surface area contributed by atoms with Gasteiger partial charge in [0.25, 0.3) is 6.33 Å². The zero-order valence-electron chi connectivity index (χ0n) is 17.6. The van der Waals surface area contributed by atoms with Gasteiger partial charge in [-0.15, -0.1) is 0 Å². The summed E-state index contributed by atoms with van der Waals surface area (Å²) in [4.78, 5) is 4.73. The van der Waals surface area contributed by atoms with Gasteiger partial charge in [0.15, 0.2) is 5.69 Å². The Balaban J connectivity index is 1.66. The molecule has 0 saturated carbocycles. The Morgan fingerprint density at radius 2 is 1.60 bits per heavy atom. The van der Waals surface area contributed by atoms with Crippen LogP contribution < -0.4 is 4.57 Å². The highest BCUT2D eigenvalue weighted by Crippen LogP contribution is 2.38. The molecule has 1 aliphatic rings. The highest BCUT2D eigenvalue weighted by atomic mass is 15.0. The van der Waals surface area contributed by atoms with E-state index in [1.807, 2.05) is 6.33 Å². The van der Waals surface area contributed by atoms with Crippen LogP contribution in [0.4, 0.5) is 0 Å². The Bertz CT molecular complexity index is 1440. The van der Waals surface area contributed by atoms with Gasteiger partial charge in [-0.3, -0.25) is 0 Å². The first-order valence-corrected chi connectivity index (χ1v) is 10.5. The van der Waals surface area contributed by atoms with E-state index in [-0.39, 0.29) is 5.41 Å². The minimum atomic E-state index is 0.0335. The number of benzene rings is 3. The van der Waals surface area contributed by atoms with Crippen LogP contribution in [-0.4, -0.2) is 9.55 Å². The molecule has 146 valence electrons. The van der Waals surface area contributed by atoms with Gasteiger partial charge < -0.3 is 4.57 Å².